The Morgan fingerprint density at radius 1 is 1.06 bits per heavy atom. The summed E-state index contributed by atoms with van der Waals surface area (Å²) in [5.74, 6) is -3.22. The zero-order chi connectivity index (χ0) is 22.3. The van der Waals surface area contributed by atoms with Crippen LogP contribution in [0.25, 0.3) is 11.3 Å². The summed E-state index contributed by atoms with van der Waals surface area (Å²) in [4.78, 5) is 28.4. The van der Waals surface area contributed by atoms with E-state index in [2.05, 4.69) is 4.98 Å². The average molecular weight is 432 g/mol. The number of carboxylic acids is 1. The molecule has 1 N–H and O–H groups in total. The molecule has 2 heterocycles. The lowest BCUT2D eigenvalue weighted by molar-refractivity contribution is -0.137. The maximum absolute atomic E-state index is 14.7. The number of imidazole rings is 1. The van der Waals surface area contributed by atoms with Gasteiger partial charge in [0.1, 0.15) is 5.82 Å². The van der Waals surface area contributed by atoms with E-state index in [4.69, 9.17) is 5.11 Å². The summed E-state index contributed by atoms with van der Waals surface area (Å²) in [6.45, 7) is 0.367. The topological polar surface area (TPSA) is 72.2 Å². The Hall–Kier alpha value is -3.49. The number of hydrogen-bond donors (Lipinski definition) is 1. The number of ketones is 1. The van der Waals surface area contributed by atoms with Gasteiger partial charge in [-0.25, -0.2) is 14.2 Å². The lowest BCUT2D eigenvalue weighted by Gasteiger charge is -2.18. The largest absolute Gasteiger partial charge is 0.478 e. The van der Waals surface area contributed by atoms with Gasteiger partial charge in [0.25, 0.3) is 0 Å². The normalized spacial score (nSPS) is 13.7. The van der Waals surface area contributed by atoms with Crippen molar-refractivity contribution in [3.63, 3.8) is 0 Å². The van der Waals surface area contributed by atoms with Gasteiger partial charge in [-0.2, -0.15) is 13.2 Å². The Kier molecular flexibility index (Phi) is 5.12. The highest BCUT2D eigenvalue weighted by Crippen LogP contribution is 2.35. The first-order chi connectivity index (χ1) is 14.7. The van der Waals surface area contributed by atoms with Gasteiger partial charge >= 0.3 is 12.1 Å². The molecule has 2 aromatic carbocycles. The number of alkyl halides is 3. The monoisotopic (exact) mass is 432 g/mol. The Labute approximate surface area is 174 Å². The summed E-state index contributed by atoms with van der Waals surface area (Å²) in [6.07, 6.45) is -2.80. The van der Waals surface area contributed by atoms with E-state index in [0.29, 0.717) is 25.1 Å². The Morgan fingerprint density at radius 3 is 2.48 bits per heavy atom. The summed E-state index contributed by atoms with van der Waals surface area (Å²) >= 11 is 0. The highest BCUT2D eigenvalue weighted by Gasteiger charge is 2.36. The Morgan fingerprint density at radius 2 is 1.81 bits per heavy atom. The number of nitrogens with zero attached hydrogens (tertiary/aromatic N) is 2. The second-order valence-corrected chi connectivity index (χ2v) is 7.21. The highest BCUT2D eigenvalue weighted by atomic mass is 19.4. The fraction of sp³-hybridized carbons (Fsp3) is 0.227. The molecule has 9 heteroatoms. The molecule has 0 spiro atoms. The van der Waals surface area contributed by atoms with Crippen LogP contribution in [0, 0.1) is 5.82 Å². The standard InChI is InChI=1S/C22H16F4N2O3/c23-16-11-12(21(30)31)8-9-14(16)18-17-7-3-4-10-28(17)20(27-18)19(29)13-5-1-2-6-15(13)22(24,25)26/h1-2,5-6,8-9,11H,3-4,7,10H2,(H,30,31). The van der Waals surface area contributed by atoms with Crippen molar-refractivity contribution in [1.29, 1.82) is 0 Å². The lowest BCUT2D eigenvalue weighted by Crippen LogP contribution is -2.19. The third-order valence-electron chi connectivity index (χ3n) is 5.27. The smallest absolute Gasteiger partial charge is 0.417 e. The molecule has 0 fully saturated rings. The van der Waals surface area contributed by atoms with Crippen molar-refractivity contribution in [3.8, 4) is 11.3 Å². The SMILES string of the molecule is O=C(O)c1ccc(-c2nc(C(=O)c3ccccc3C(F)(F)F)n3c2CCCC3)c(F)c1. The van der Waals surface area contributed by atoms with Crippen LogP contribution in [0.3, 0.4) is 0 Å². The van der Waals surface area contributed by atoms with E-state index in [1.807, 2.05) is 0 Å². The van der Waals surface area contributed by atoms with Crippen molar-refractivity contribution in [1.82, 2.24) is 9.55 Å². The third-order valence-corrected chi connectivity index (χ3v) is 5.27. The Balaban J connectivity index is 1.86. The molecule has 160 valence electrons. The number of aromatic carboxylic acids is 1. The number of carbonyl (C=O) groups excluding carboxylic acids is 1. The van der Waals surface area contributed by atoms with Gasteiger partial charge in [-0.15, -0.1) is 0 Å². The summed E-state index contributed by atoms with van der Waals surface area (Å²) in [7, 11) is 0. The average Bonchev–Trinajstić information content (AvgIpc) is 3.12. The van der Waals surface area contributed by atoms with Crippen LogP contribution in [-0.2, 0) is 19.1 Å². The van der Waals surface area contributed by atoms with E-state index >= 15 is 0 Å². The van der Waals surface area contributed by atoms with Crippen molar-refractivity contribution < 1.29 is 32.3 Å². The Bertz CT molecular complexity index is 1200. The fourth-order valence-corrected chi connectivity index (χ4v) is 3.82. The molecular formula is C22H16F4N2O3. The molecule has 1 aromatic heterocycles. The summed E-state index contributed by atoms with van der Waals surface area (Å²) in [5, 5.41) is 9.03. The molecule has 0 unspecified atom stereocenters. The first kappa shape index (κ1) is 20.8. The number of hydrogen-bond acceptors (Lipinski definition) is 3. The predicted octanol–water partition coefficient (Wildman–Crippen LogP) is 4.97. The van der Waals surface area contributed by atoms with Gasteiger partial charge in [0.05, 0.1) is 16.8 Å². The lowest BCUT2D eigenvalue weighted by atomic mass is 10.0. The second kappa shape index (κ2) is 7.64. The van der Waals surface area contributed by atoms with E-state index in [1.54, 1.807) is 4.57 Å². The number of halogens is 4. The van der Waals surface area contributed by atoms with Crippen molar-refractivity contribution in [2.24, 2.45) is 0 Å². The van der Waals surface area contributed by atoms with Gasteiger partial charge in [-0.3, -0.25) is 4.79 Å². The molecular weight excluding hydrogens is 416 g/mol. The van der Waals surface area contributed by atoms with Crippen LogP contribution in [0.2, 0.25) is 0 Å². The minimum absolute atomic E-state index is 0.00111. The molecule has 31 heavy (non-hydrogen) atoms. The molecule has 0 bridgehead atoms. The maximum Gasteiger partial charge on any atom is 0.417 e. The van der Waals surface area contributed by atoms with Crippen LogP contribution in [0.4, 0.5) is 17.6 Å². The van der Waals surface area contributed by atoms with E-state index < -0.39 is 34.9 Å². The molecule has 0 radical (unpaired) electrons. The first-order valence-electron chi connectivity index (χ1n) is 9.52. The van der Waals surface area contributed by atoms with Crippen molar-refractivity contribution in [2.75, 3.05) is 0 Å². The van der Waals surface area contributed by atoms with Crippen LogP contribution in [0.5, 0.6) is 0 Å². The molecule has 5 nitrogen and oxygen atoms in total. The van der Waals surface area contributed by atoms with E-state index in [0.717, 1.165) is 24.6 Å². The van der Waals surface area contributed by atoms with E-state index in [9.17, 15) is 27.2 Å². The molecule has 0 amide bonds. The molecule has 1 aliphatic rings. The minimum atomic E-state index is -4.72. The van der Waals surface area contributed by atoms with Gasteiger partial charge in [0.2, 0.25) is 5.78 Å². The predicted molar refractivity (Wildman–Crippen MR) is 102 cm³/mol. The summed E-state index contributed by atoms with van der Waals surface area (Å²) in [6, 6.07) is 7.80. The molecule has 1 aliphatic heterocycles. The van der Waals surface area contributed by atoms with Crippen molar-refractivity contribution in [3.05, 3.63) is 76.5 Å². The quantitative estimate of drug-likeness (QED) is 0.467. The zero-order valence-corrected chi connectivity index (χ0v) is 16.0. The number of rotatable bonds is 4. The van der Waals surface area contributed by atoms with Gasteiger partial charge in [-0.05, 0) is 43.5 Å². The number of carboxylic acid groups (broad SMARTS) is 1. The van der Waals surface area contributed by atoms with Gasteiger partial charge in [0.15, 0.2) is 5.82 Å². The zero-order valence-electron chi connectivity index (χ0n) is 16.0. The maximum atomic E-state index is 14.7. The number of fused-ring (bicyclic) bond motifs is 1. The molecule has 4 rings (SSSR count). The van der Waals surface area contributed by atoms with Crippen LogP contribution in [0.1, 0.15) is 50.6 Å². The minimum Gasteiger partial charge on any atom is -0.478 e. The highest BCUT2D eigenvalue weighted by molar-refractivity contribution is 6.08. The molecule has 0 atom stereocenters. The van der Waals surface area contributed by atoms with Crippen LogP contribution in [-0.4, -0.2) is 26.4 Å². The molecule has 3 aromatic rings. The first-order valence-corrected chi connectivity index (χ1v) is 9.52. The number of carbonyl (C=O) groups is 2. The fourth-order valence-electron chi connectivity index (χ4n) is 3.82. The van der Waals surface area contributed by atoms with Crippen LogP contribution >= 0.6 is 0 Å². The van der Waals surface area contributed by atoms with Gasteiger partial charge in [0, 0.05) is 23.4 Å². The summed E-state index contributed by atoms with van der Waals surface area (Å²) in [5.41, 5.74) is -1.15. The van der Waals surface area contributed by atoms with Crippen LogP contribution in [0.15, 0.2) is 42.5 Å². The van der Waals surface area contributed by atoms with E-state index in [-0.39, 0.29) is 22.6 Å². The van der Waals surface area contributed by atoms with E-state index in [1.165, 1.54) is 24.3 Å². The van der Waals surface area contributed by atoms with Crippen LogP contribution < -0.4 is 0 Å². The number of benzene rings is 2. The van der Waals surface area contributed by atoms with Crippen molar-refractivity contribution in [2.45, 2.75) is 32.0 Å². The summed E-state index contributed by atoms with van der Waals surface area (Å²) < 4.78 is 56.5. The molecule has 0 aliphatic carbocycles. The molecule has 0 saturated heterocycles. The second-order valence-electron chi connectivity index (χ2n) is 7.21. The molecule has 0 saturated carbocycles. The third kappa shape index (κ3) is 3.71. The number of aromatic nitrogens is 2. The van der Waals surface area contributed by atoms with Gasteiger partial charge in [-0.1, -0.05) is 18.2 Å². The van der Waals surface area contributed by atoms with Crippen molar-refractivity contribution >= 4 is 11.8 Å². The van der Waals surface area contributed by atoms with Gasteiger partial charge < -0.3 is 9.67 Å².